The van der Waals surface area contributed by atoms with Gasteiger partial charge in [0.15, 0.2) is 0 Å². The smallest absolute Gasteiger partial charge is 0.253 e. The molecular weight excluding hydrogens is 416 g/mol. The Balaban J connectivity index is 1.37. The van der Waals surface area contributed by atoms with Gasteiger partial charge in [0.1, 0.15) is 5.65 Å². The van der Waals surface area contributed by atoms with Crippen LogP contribution >= 0.6 is 0 Å². The zero-order chi connectivity index (χ0) is 22.0. The summed E-state index contributed by atoms with van der Waals surface area (Å²) in [5.41, 5.74) is 2.09. The summed E-state index contributed by atoms with van der Waals surface area (Å²) in [6, 6.07) is 10.1. The van der Waals surface area contributed by atoms with Crippen molar-refractivity contribution < 1.29 is 13.2 Å². The van der Waals surface area contributed by atoms with Gasteiger partial charge in [0.05, 0.1) is 16.3 Å². The SMILES string of the molecule is CC(=N)N1CCN(S(=O)(=O)c2ccc(CNC(=O)c3ccc4nccn4c3)cc2)CC1. The van der Waals surface area contributed by atoms with Gasteiger partial charge in [-0.15, -0.1) is 0 Å². The number of pyridine rings is 1. The second kappa shape index (κ2) is 8.48. The fourth-order valence-electron chi connectivity index (χ4n) is 3.53. The van der Waals surface area contributed by atoms with Crippen LogP contribution in [0.4, 0.5) is 0 Å². The van der Waals surface area contributed by atoms with Crippen LogP contribution < -0.4 is 5.32 Å². The number of aromatic nitrogens is 2. The molecule has 0 radical (unpaired) electrons. The number of nitrogens with one attached hydrogen (secondary N) is 2. The minimum atomic E-state index is -3.58. The average Bonchev–Trinajstić information content (AvgIpc) is 3.25. The molecule has 0 aliphatic carbocycles. The molecule has 162 valence electrons. The van der Waals surface area contributed by atoms with Crippen molar-refractivity contribution in [3.05, 3.63) is 66.1 Å². The van der Waals surface area contributed by atoms with Crippen LogP contribution in [0.5, 0.6) is 0 Å². The normalized spacial score (nSPS) is 15.2. The third kappa shape index (κ3) is 4.44. The first kappa shape index (κ1) is 21.0. The number of nitrogens with zero attached hydrogens (tertiary/aromatic N) is 4. The van der Waals surface area contributed by atoms with Crippen molar-refractivity contribution in [2.45, 2.75) is 18.4 Å². The molecule has 1 aliphatic rings. The van der Waals surface area contributed by atoms with E-state index in [1.807, 2.05) is 4.90 Å². The molecule has 1 saturated heterocycles. The Morgan fingerprint density at radius 3 is 2.48 bits per heavy atom. The second-order valence-corrected chi connectivity index (χ2v) is 9.35. The highest BCUT2D eigenvalue weighted by atomic mass is 32.2. The lowest BCUT2D eigenvalue weighted by Gasteiger charge is -2.34. The number of hydrogen-bond donors (Lipinski definition) is 2. The molecule has 1 fully saturated rings. The lowest BCUT2D eigenvalue weighted by molar-refractivity contribution is 0.0950. The predicted octanol–water partition coefficient (Wildman–Crippen LogP) is 1.57. The Morgan fingerprint density at radius 1 is 1.10 bits per heavy atom. The molecule has 1 aromatic carbocycles. The highest BCUT2D eigenvalue weighted by Crippen LogP contribution is 2.18. The monoisotopic (exact) mass is 440 g/mol. The first-order valence-corrected chi connectivity index (χ1v) is 11.4. The summed E-state index contributed by atoms with van der Waals surface area (Å²) < 4.78 is 29.0. The van der Waals surface area contributed by atoms with Crippen LogP contribution in [-0.2, 0) is 16.6 Å². The van der Waals surface area contributed by atoms with E-state index in [4.69, 9.17) is 5.41 Å². The van der Waals surface area contributed by atoms with Gasteiger partial charge in [0.25, 0.3) is 5.91 Å². The summed E-state index contributed by atoms with van der Waals surface area (Å²) in [5.74, 6) is 0.236. The van der Waals surface area contributed by atoms with Crippen molar-refractivity contribution in [2.24, 2.45) is 0 Å². The molecule has 1 amide bonds. The number of rotatable bonds is 5. The summed E-state index contributed by atoms with van der Waals surface area (Å²) in [6.07, 6.45) is 5.16. The number of carbonyl (C=O) groups excluding carboxylic acids is 1. The van der Waals surface area contributed by atoms with E-state index in [-0.39, 0.29) is 10.8 Å². The minimum absolute atomic E-state index is 0.216. The number of hydrogen-bond acceptors (Lipinski definition) is 5. The molecule has 4 rings (SSSR count). The number of piperazine rings is 1. The number of amidine groups is 1. The van der Waals surface area contributed by atoms with E-state index in [1.54, 1.807) is 66.3 Å². The summed E-state index contributed by atoms with van der Waals surface area (Å²) in [4.78, 5) is 18.7. The van der Waals surface area contributed by atoms with Crippen LogP contribution in [0.2, 0.25) is 0 Å². The van der Waals surface area contributed by atoms with Gasteiger partial charge >= 0.3 is 0 Å². The van der Waals surface area contributed by atoms with Crippen LogP contribution in [0, 0.1) is 5.41 Å². The molecule has 9 nitrogen and oxygen atoms in total. The van der Waals surface area contributed by atoms with E-state index in [0.29, 0.717) is 44.1 Å². The van der Waals surface area contributed by atoms with Crippen LogP contribution in [0.1, 0.15) is 22.8 Å². The van der Waals surface area contributed by atoms with Crippen LogP contribution in [-0.4, -0.2) is 64.9 Å². The van der Waals surface area contributed by atoms with Gasteiger partial charge in [-0.25, -0.2) is 13.4 Å². The first-order chi connectivity index (χ1) is 14.8. The Kier molecular flexibility index (Phi) is 5.75. The molecule has 0 atom stereocenters. The maximum Gasteiger partial charge on any atom is 0.253 e. The van der Waals surface area contributed by atoms with Crippen LogP contribution in [0.3, 0.4) is 0 Å². The largest absolute Gasteiger partial charge is 0.358 e. The van der Waals surface area contributed by atoms with Crippen molar-refractivity contribution in [1.82, 2.24) is 23.9 Å². The van der Waals surface area contributed by atoms with Crippen molar-refractivity contribution in [3.8, 4) is 0 Å². The van der Waals surface area contributed by atoms with Gasteiger partial charge in [-0.1, -0.05) is 12.1 Å². The maximum atomic E-state index is 12.9. The minimum Gasteiger partial charge on any atom is -0.358 e. The van der Waals surface area contributed by atoms with Crippen molar-refractivity contribution in [2.75, 3.05) is 26.2 Å². The average molecular weight is 441 g/mol. The van der Waals surface area contributed by atoms with Gasteiger partial charge < -0.3 is 14.6 Å². The molecule has 2 N–H and O–H groups in total. The lowest BCUT2D eigenvalue weighted by Crippen LogP contribution is -2.49. The van der Waals surface area contributed by atoms with Crippen molar-refractivity contribution in [3.63, 3.8) is 0 Å². The number of fused-ring (bicyclic) bond motifs is 1. The lowest BCUT2D eigenvalue weighted by atomic mass is 10.2. The molecule has 10 heteroatoms. The Hall–Kier alpha value is -3.24. The van der Waals surface area contributed by atoms with Gasteiger partial charge in [-0.3, -0.25) is 10.2 Å². The Morgan fingerprint density at radius 2 is 1.81 bits per heavy atom. The molecule has 0 spiro atoms. The zero-order valence-electron chi connectivity index (χ0n) is 17.2. The highest BCUT2D eigenvalue weighted by Gasteiger charge is 2.28. The Bertz CT molecular complexity index is 1210. The summed E-state index contributed by atoms with van der Waals surface area (Å²) in [5, 5.41) is 10.5. The highest BCUT2D eigenvalue weighted by molar-refractivity contribution is 7.89. The number of carbonyl (C=O) groups is 1. The van der Waals surface area contributed by atoms with Crippen LogP contribution in [0.15, 0.2) is 59.9 Å². The molecule has 1 aliphatic heterocycles. The van der Waals surface area contributed by atoms with E-state index >= 15 is 0 Å². The molecule has 0 bridgehead atoms. The van der Waals surface area contributed by atoms with Gasteiger partial charge in [0, 0.05) is 51.3 Å². The summed E-state index contributed by atoms with van der Waals surface area (Å²) in [7, 11) is -3.58. The van der Waals surface area contributed by atoms with E-state index in [1.165, 1.54) is 4.31 Å². The predicted molar refractivity (Wildman–Crippen MR) is 117 cm³/mol. The third-order valence-electron chi connectivity index (χ3n) is 5.38. The second-order valence-electron chi connectivity index (χ2n) is 7.41. The van der Waals surface area contributed by atoms with Gasteiger partial charge in [0.2, 0.25) is 10.0 Å². The zero-order valence-corrected chi connectivity index (χ0v) is 18.0. The molecule has 3 aromatic rings. The summed E-state index contributed by atoms with van der Waals surface area (Å²) >= 11 is 0. The van der Waals surface area contributed by atoms with E-state index in [2.05, 4.69) is 10.3 Å². The Labute approximate surface area is 180 Å². The third-order valence-corrected chi connectivity index (χ3v) is 7.29. The molecule has 31 heavy (non-hydrogen) atoms. The van der Waals surface area contributed by atoms with Crippen LogP contribution in [0.25, 0.3) is 5.65 Å². The number of sulfonamides is 1. The molecule has 0 unspecified atom stereocenters. The van der Waals surface area contributed by atoms with Gasteiger partial charge in [-0.05, 0) is 36.8 Å². The molecule has 2 aromatic heterocycles. The fraction of sp³-hybridized carbons (Fsp3) is 0.286. The van der Waals surface area contributed by atoms with E-state index < -0.39 is 10.0 Å². The van der Waals surface area contributed by atoms with Crippen molar-refractivity contribution >= 4 is 27.4 Å². The number of imidazole rings is 1. The van der Waals surface area contributed by atoms with Gasteiger partial charge in [-0.2, -0.15) is 4.31 Å². The quantitative estimate of drug-likeness (QED) is 0.462. The topological polar surface area (TPSA) is 111 Å². The maximum absolute atomic E-state index is 12.9. The molecular formula is C21H24N6O3S. The van der Waals surface area contributed by atoms with E-state index in [9.17, 15) is 13.2 Å². The number of amides is 1. The van der Waals surface area contributed by atoms with Crippen molar-refractivity contribution in [1.29, 1.82) is 5.41 Å². The van der Waals surface area contributed by atoms with E-state index in [0.717, 1.165) is 11.2 Å². The number of benzene rings is 1. The molecule has 0 saturated carbocycles. The standard InChI is InChI=1S/C21H24N6O3S/c1-16(22)25-10-12-27(13-11-25)31(29,30)19-5-2-17(3-6-19)14-24-21(28)18-4-7-20-23-8-9-26(20)15-18/h2-9,15,22H,10-14H2,1H3,(H,24,28). The molecule has 3 heterocycles. The fourth-order valence-corrected chi connectivity index (χ4v) is 4.95. The first-order valence-electron chi connectivity index (χ1n) is 9.95. The summed E-state index contributed by atoms with van der Waals surface area (Å²) in [6.45, 7) is 3.75.